The van der Waals surface area contributed by atoms with Crippen LogP contribution in [0.3, 0.4) is 0 Å². The number of hydrogen-bond acceptors (Lipinski definition) is 7. The van der Waals surface area contributed by atoms with Crippen molar-refractivity contribution < 1.29 is 34.9 Å². The van der Waals surface area contributed by atoms with Gasteiger partial charge in [0.1, 0.15) is 5.69 Å². The molecular weight excluding hydrogens is 297 g/mol. The molecule has 106 valence electrons. The summed E-state index contributed by atoms with van der Waals surface area (Å²) >= 11 is 0. The van der Waals surface area contributed by atoms with Gasteiger partial charge in [-0.05, 0) is 22.0 Å². The summed E-state index contributed by atoms with van der Waals surface area (Å²) in [5.41, 5.74) is 0.146. The van der Waals surface area contributed by atoms with Gasteiger partial charge in [-0.3, -0.25) is 0 Å². The summed E-state index contributed by atoms with van der Waals surface area (Å²) < 4.78 is 63.5. The van der Waals surface area contributed by atoms with Gasteiger partial charge in [0.15, 0.2) is 0 Å². The minimum absolute atomic E-state index is 0.146. The number of pyridine rings is 1. The van der Waals surface area contributed by atoms with Crippen LogP contribution in [0.2, 0.25) is 0 Å². The Morgan fingerprint density at radius 1 is 1.37 bits per heavy atom. The molecule has 0 aliphatic heterocycles. The Hall–Kier alpha value is -1.95. The molecule has 0 aliphatic carbocycles. The van der Waals surface area contributed by atoms with E-state index in [1.54, 1.807) is 0 Å². The fourth-order valence-corrected chi connectivity index (χ4v) is 1.58. The van der Waals surface area contributed by atoms with E-state index in [1.807, 2.05) is 0 Å². The lowest BCUT2D eigenvalue weighted by molar-refractivity contribution is -0.390. The van der Waals surface area contributed by atoms with Gasteiger partial charge in [0.25, 0.3) is 0 Å². The maximum absolute atomic E-state index is 11.7. The van der Waals surface area contributed by atoms with Crippen molar-refractivity contribution in [3.05, 3.63) is 27.9 Å². The average molecular weight is 302 g/mol. The lowest BCUT2D eigenvalue weighted by Gasteiger charge is -2.08. The van der Waals surface area contributed by atoms with Crippen LogP contribution in [-0.4, -0.2) is 24.7 Å². The quantitative estimate of drug-likeness (QED) is 0.611. The van der Waals surface area contributed by atoms with Crippen molar-refractivity contribution in [1.82, 2.24) is 4.98 Å². The van der Waals surface area contributed by atoms with E-state index in [0.29, 0.717) is 0 Å². The standard InChI is InChI=1S/C7H5F3N2O6S/c1-4-2-3-5(6(11-4)12(13)14)17-19(15,16)18-7(8,9)10/h2-3H,1H3. The average Bonchev–Trinajstić information content (AvgIpc) is 2.16. The fourth-order valence-electron chi connectivity index (χ4n) is 0.969. The number of aromatic nitrogens is 1. The molecule has 0 saturated carbocycles. The molecule has 0 aromatic carbocycles. The van der Waals surface area contributed by atoms with Crippen molar-refractivity contribution in [3.63, 3.8) is 0 Å². The molecule has 0 bridgehead atoms. The fraction of sp³-hybridized carbons (Fsp3) is 0.286. The Labute approximate surface area is 104 Å². The number of nitro groups is 1. The minimum atomic E-state index is -5.53. The molecule has 19 heavy (non-hydrogen) atoms. The van der Waals surface area contributed by atoms with E-state index in [-0.39, 0.29) is 5.69 Å². The van der Waals surface area contributed by atoms with E-state index in [0.717, 1.165) is 12.1 Å². The first-order valence-corrected chi connectivity index (χ1v) is 5.67. The molecule has 0 saturated heterocycles. The highest BCUT2D eigenvalue weighted by atomic mass is 32.3. The second-order valence-electron chi connectivity index (χ2n) is 3.05. The molecule has 0 aliphatic rings. The lowest BCUT2D eigenvalue weighted by atomic mass is 10.3. The first-order valence-electron chi connectivity index (χ1n) is 4.34. The van der Waals surface area contributed by atoms with Gasteiger partial charge in [-0.25, -0.2) is 0 Å². The summed E-state index contributed by atoms with van der Waals surface area (Å²) in [4.78, 5) is 12.8. The largest absolute Gasteiger partial charge is 0.539 e. The molecule has 0 unspecified atom stereocenters. The van der Waals surface area contributed by atoms with Gasteiger partial charge in [0.05, 0.1) is 0 Å². The lowest BCUT2D eigenvalue weighted by Crippen LogP contribution is -2.23. The molecule has 0 spiro atoms. The van der Waals surface area contributed by atoms with E-state index >= 15 is 0 Å². The first-order chi connectivity index (χ1) is 8.50. The number of alkyl halides is 3. The molecule has 12 heteroatoms. The van der Waals surface area contributed by atoms with Crippen LogP contribution >= 0.6 is 0 Å². The second kappa shape index (κ2) is 4.97. The second-order valence-corrected chi connectivity index (χ2v) is 4.20. The van der Waals surface area contributed by atoms with Crippen LogP contribution in [0.1, 0.15) is 5.69 Å². The van der Waals surface area contributed by atoms with Crippen molar-refractivity contribution in [2.24, 2.45) is 0 Å². The maximum atomic E-state index is 11.7. The Kier molecular flexibility index (Phi) is 3.95. The van der Waals surface area contributed by atoms with Gasteiger partial charge >= 0.3 is 22.6 Å². The number of hydrogen-bond donors (Lipinski definition) is 0. The van der Waals surface area contributed by atoms with Crippen LogP contribution in [0.5, 0.6) is 5.75 Å². The molecule has 0 fully saturated rings. The first kappa shape index (κ1) is 15.1. The number of rotatable bonds is 4. The topological polar surface area (TPSA) is 109 Å². The molecule has 0 atom stereocenters. The van der Waals surface area contributed by atoms with Crippen LogP contribution in [-0.2, 0) is 14.6 Å². The number of nitrogens with zero attached hydrogens (tertiary/aromatic N) is 2. The maximum Gasteiger partial charge on any atom is 0.539 e. The molecule has 0 amide bonds. The predicted molar refractivity (Wildman–Crippen MR) is 52.3 cm³/mol. The third-order valence-electron chi connectivity index (χ3n) is 1.54. The van der Waals surface area contributed by atoms with Crippen LogP contribution in [0.15, 0.2) is 12.1 Å². The van der Waals surface area contributed by atoms with Crippen molar-refractivity contribution in [2.45, 2.75) is 13.3 Å². The zero-order chi connectivity index (χ0) is 14.8. The summed E-state index contributed by atoms with van der Waals surface area (Å²) in [7, 11) is -5.53. The van der Waals surface area contributed by atoms with Gasteiger partial charge in [-0.1, -0.05) is 0 Å². The smallest absolute Gasteiger partial charge is 0.358 e. The van der Waals surface area contributed by atoms with Crippen LogP contribution in [0.4, 0.5) is 19.0 Å². The van der Waals surface area contributed by atoms with Crippen LogP contribution in [0.25, 0.3) is 0 Å². The highest BCUT2D eigenvalue weighted by Crippen LogP contribution is 2.28. The Morgan fingerprint density at radius 2 is 1.95 bits per heavy atom. The van der Waals surface area contributed by atoms with E-state index in [9.17, 15) is 31.7 Å². The van der Waals surface area contributed by atoms with E-state index in [1.165, 1.54) is 6.92 Å². The van der Waals surface area contributed by atoms with Crippen LogP contribution < -0.4 is 4.18 Å². The van der Waals surface area contributed by atoms with Crippen molar-refractivity contribution in [3.8, 4) is 5.75 Å². The highest BCUT2D eigenvalue weighted by Gasteiger charge is 2.39. The van der Waals surface area contributed by atoms with Gasteiger partial charge in [-0.2, -0.15) is 8.42 Å². The summed E-state index contributed by atoms with van der Waals surface area (Å²) in [6.07, 6.45) is -5.51. The molecular formula is C7H5F3N2O6S. The van der Waals surface area contributed by atoms with E-state index < -0.39 is 33.3 Å². The highest BCUT2D eigenvalue weighted by molar-refractivity contribution is 7.82. The van der Waals surface area contributed by atoms with E-state index in [2.05, 4.69) is 13.4 Å². The normalized spacial score (nSPS) is 12.2. The molecule has 8 nitrogen and oxygen atoms in total. The van der Waals surface area contributed by atoms with Gasteiger partial charge in [-0.15, -0.1) is 17.4 Å². The predicted octanol–water partition coefficient (Wildman–Crippen LogP) is 1.46. The minimum Gasteiger partial charge on any atom is -0.358 e. The molecule has 1 aromatic heterocycles. The molecule has 1 rings (SSSR count). The van der Waals surface area contributed by atoms with Crippen molar-refractivity contribution in [2.75, 3.05) is 0 Å². The summed E-state index contributed by atoms with van der Waals surface area (Å²) in [6, 6.07) is 1.91. The molecule has 1 aromatic rings. The van der Waals surface area contributed by atoms with Gasteiger partial charge in [0.2, 0.25) is 5.75 Å². The summed E-state index contributed by atoms with van der Waals surface area (Å²) in [6.45, 7) is 1.36. The summed E-state index contributed by atoms with van der Waals surface area (Å²) in [5.74, 6) is -2.03. The number of aryl methyl sites for hydroxylation is 1. The summed E-state index contributed by atoms with van der Waals surface area (Å²) in [5, 5.41) is 10.6. The molecule has 0 N–H and O–H groups in total. The zero-order valence-electron chi connectivity index (χ0n) is 9.04. The van der Waals surface area contributed by atoms with Gasteiger partial charge in [0, 0.05) is 6.92 Å². The molecule has 1 heterocycles. The monoisotopic (exact) mass is 302 g/mol. The Balaban J connectivity index is 3.10. The SMILES string of the molecule is Cc1ccc(OS(=O)(=O)OC(F)(F)F)c([N+](=O)[O-])n1. The van der Waals surface area contributed by atoms with Crippen LogP contribution in [0, 0.1) is 17.0 Å². The van der Waals surface area contributed by atoms with Crippen molar-refractivity contribution in [1.29, 1.82) is 0 Å². The zero-order valence-corrected chi connectivity index (χ0v) is 9.86. The number of halogens is 3. The van der Waals surface area contributed by atoms with E-state index in [4.69, 9.17) is 0 Å². The third kappa shape index (κ3) is 4.67. The molecule has 0 radical (unpaired) electrons. The Bertz CT molecular complexity index is 599. The Morgan fingerprint density at radius 3 is 2.42 bits per heavy atom. The third-order valence-corrected chi connectivity index (χ3v) is 2.32. The van der Waals surface area contributed by atoms with Crippen molar-refractivity contribution >= 4 is 16.2 Å². The van der Waals surface area contributed by atoms with Gasteiger partial charge < -0.3 is 14.3 Å².